The highest BCUT2D eigenvalue weighted by Crippen LogP contribution is 2.26. The van der Waals surface area contributed by atoms with Crippen molar-refractivity contribution in [1.82, 2.24) is 9.80 Å². The van der Waals surface area contributed by atoms with E-state index in [0.717, 1.165) is 44.5 Å². The number of hydrogen-bond donors (Lipinski definition) is 0. The van der Waals surface area contributed by atoms with Crippen molar-refractivity contribution in [2.45, 2.75) is 42.8 Å². The Hall–Kier alpha value is -2.38. The van der Waals surface area contributed by atoms with Gasteiger partial charge in [-0.25, -0.2) is 13.2 Å². The Bertz CT molecular complexity index is 968. The van der Waals surface area contributed by atoms with Gasteiger partial charge in [0, 0.05) is 31.9 Å². The van der Waals surface area contributed by atoms with Crippen LogP contribution in [0.2, 0.25) is 0 Å². The Balaban J connectivity index is 1.33. The molecule has 1 amide bonds. The first kappa shape index (κ1) is 20.9. The van der Waals surface area contributed by atoms with E-state index in [1.54, 1.807) is 12.1 Å². The number of amides is 1. The first-order valence-corrected chi connectivity index (χ1v) is 12.3. The number of rotatable bonds is 6. The predicted molar refractivity (Wildman–Crippen MR) is 115 cm³/mol. The van der Waals surface area contributed by atoms with Crippen molar-refractivity contribution < 1.29 is 17.9 Å². The van der Waals surface area contributed by atoms with Crippen molar-refractivity contribution in [3.63, 3.8) is 0 Å². The first-order valence-electron chi connectivity index (χ1n) is 10.4. The van der Waals surface area contributed by atoms with Crippen LogP contribution in [0.1, 0.15) is 24.0 Å². The van der Waals surface area contributed by atoms with Gasteiger partial charge in [-0.2, -0.15) is 0 Å². The van der Waals surface area contributed by atoms with Crippen LogP contribution >= 0.6 is 0 Å². The van der Waals surface area contributed by atoms with E-state index in [9.17, 15) is 13.2 Å². The molecule has 2 aromatic carbocycles. The Morgan fingerprint density at radius 3 is 2.27 bits per heavy atom. The minimum atomic E-state index is -3.17. The molecule has 2 aliphatic rings. The van der Waals surface area contributed by atoms with Gasteiger partial charge in [-0.05, 0) is 42.5 Å². The molecule has 0 N–H and O–H groups in total. The minimum absolute atomic E-state index is 0.0972. The molecule has 1 atom stereocenters. The predicted octanol–water partition coefficient (Wildman–Crippen LogP) is 3.12. The van der Waals surface area contributed by atoms with Crippen LogP contribution in [0.15, 0.2) is 59.5 Å². The molecule has 2 aliphatic heterocycles. The van der Waals surface area contributed by atoms with E-state index in [2.05, 4.69) is 17.0 Å². The van der Waals surface area contributed by atoms with Crippen LogP contribution in [0.25, 0.3) is 0 Å². The number of benzene rings is 2. The average molecular weight is 429 g/mol. The van der Waals surface area contributed by atoms with Crippen molar-refractivity contribution in [3.05, 3.63) is 65.7 Å². The summed E-state index contributed by atoms with van der Waals surface area (Å²) >= 11 is 0. The molecule has 6 nitrogen and oxygen atoms in total. The average Bonchev–Trinajstić information content (AvgIpc) is 3.09. The minimum Gasteiger partial charge on any atom is -0.447 e. The zero-order valence-electron chi connectivity index (χ0n) is 17.2. The maximum Gasteiger partial charge on any atom is 0.410 e. The van der Waals surface area contributed by atoms with Gasteiger partial charge in [-0.15, -0.1) is 0 Å². The number of nitrogens with zero attached hydrogens (tertiary/aromatic N) is 2. The van der Waals surface area contributed by atoms with Crippen LogP contribution in [0, 0.1) is 0 Å². The van der Waals surface area contributed by atoms with E-state index in [-0.39, 0.29) is 18.2 Å². The lowest BCUT2D eigenvalue weighted by molar-refractivity contribution is 0.104. The van der Waals surface area contributed by atoms with Gasteiger partial charge in [0.2, 0.25) is 0 Å². The summed E-state index contributed by atoms with van der Waals surface area (Å²) < 4.78 is 28.6. The zero-order chi connectivity index (χ0) is 21.1. The molecule has 2 fully saturated rings. The monoisotopic (exact) mass is 428 g/mol. The van der Waals surface area contributed by atoms with Gasteiger partial charge < -0.3 is 4.74 Å². The summed E-state index contributed by atoms with van der Waals surface area (Å²) in [6.07, 6.45) is 3.69. The van der Waals surface area contributed by atoms with E-state index in [1.165, 1.54) is 11.8 Å². The molecule has 0 bridgehead atoms. The molecule has 30 heavy (non-hydrogen) atoms. The van der Waals surface area contributed by atoms with Gasteiger partial charge >= 0.3 is 6.09 Å². The van der Waals surface area contributed by atoms with Gasteiger partial charge in [0.25, 0.3) is 0 Å². The summed E-state index contributed by atoms with van der Waals surface area (Å²) in [6, 6.07) is 17.7. The van der Waals surface area contributed by atoms with Crippen molar-refractivity contribution in [3.8, 4) is 0 Å². The maximum atomic E-state index is 12.4. The molecular formula is C23H28N2O4S. The Kier molecular flexibility index (Phi) is 6.11. The molecular weight excluding hydrogens is 400 g/mol. The highest BCUT2D eigenvalue weighted by Gasteiger charge is 2.39. The highest BCUT2D eigenvalue weighted by atomic mass is 32.2. The molecule has 2 saturated heterocycles. The molecule has 0 spiro atoms. The standard InChI is InChI=1S/C23H28N2O4S/c1-30(27,28)22-9-7-19(8-10-22)16-24-13-11-20(12-14-24)25-21(17-29-23(25)26)15-18-5-3-2-4-6-18/h2-10,20-21H,11-17H2,1H3. The van der Waals surface area contributed by atoms with Crippen LogP contribution in [-0.2, 0) is 27.5 Å². The van der Waals surface area contributed by atoms with Gasteiger partial charge in [-0.1, -0.05) is 42.5 Å². The number of cyclic esters (lactones) is 1. The fraction of sp³-hybridized carbons (Fsp3) is 0.435. The molecule has 7 heteroatoms. The Morgan fingerprint density at radius 2 is 1.63 bits per heavy atom. The van der Waals surface area contributed by atoms with Crippen LogP contribution in [-0.4, -0.2) is 62.3 Å². The molecule has 4 rings (SSSR count). The molecule has 0 aromatic heterocycles. The summed E-state index contributed by atoms with van der Waals surface area (Å²) in [5, 5.41) is 0. The van der Waals surface area contributed by atoms with Crippen molar-refractivity contribution in [1.29, 1.82) is 0 Å². The molecule has 160 valence electrons. The number of likely N-dealkylation sites (tertiary alicyclic amines) is 1. The number of ether oxygens (including phenoxy) is 1. The van der Waals surface area contributed by atoms with E-state index < -0.39 is 9.84 Å². The van der Waals surface area contributed by atoms with Crippen LogP contribution < -0.4 is 0 Å². The third-order valence-corrected chi connectivity index (χ3v) is 7.15. The first-order chi connectivity index (χ1) is 14.4. The van der Waals surface area contributed by atoms with Crippen molar-refractivity contribution in [2.75, 3.05) is 26.0 Å². The molecule has 1 unspecified atom stereocenters. The maximum absolute atomic E-state index is 12.4. The summed E-state index contributed by atoms with van der Waals surface area (Å²) in [6.45, 7) is 3.05. The molecule has 0 saturated carbocycles. The molecule has 2 aromatic rings. The lowest BCUT2D eigenvalue weighted by atomic mass is 9.99. The Labute approximate surface area is 178 Å². The number of carbonyl (C=O) groups excluding carboxylic acids is 1. The molecule has 0 radical (unpaired) electrons. The van der Waals surface area contributed by atoms with E-state index in [4.69, 9.17) is 4.74 Å². The highest BCUT2D eigenvalue weighted by molar-refractivity contribution is 7.90. The van der Waals surface area contributed by atoms with Gasteiger partial charge in [0.05, 0.1) is 10.9 Å². The molecule has 2 heterocycles. The lowest BCUT2D eigenvalue weighted by Gasteiger charge is -2.38. The number of sulfone groups is 1. The third kappa shape index (κ3) is 4.84. The SMILES string of the molecule is CS(=O)(=O)c1ccc(CN2CCC(N3C(=O)OCC3Cc3ccccc3)CC2)cc1. The number of piperidine rings is 1. The smallest absolute Gasteiger partial charge is 0.410 e. The van der Waals surface area contributed by atoms with Gasteiger partial charge in [-0.3, -0.25) is 9.80 Å². The summed E-state index contributed by atoms with van der Waals surface area (Å²) in [5.41, 5.74) is 2.32. The van der Waals surface area contributed by atoms with Crippen molar-refractivity contribution in [2.24, 2.45) is 0 Å². The van der Waals surface area contributed by atoms with E-state index >= 15 is 0 Å². The quantitative estimate of drug-likeness (QED) is 0.707. The third-order valence-electron chi connectivity index (χ3n) is 6.03. The lowest BCUT2D eigenvalue weighted by Crippen LogP contribution is -2.48. The second kappa shape index (κ2) is 8.78. The summed E-state index contributed by atoms with van der Waals surface area (Å²) in [7, 11) is -3.17. The molecule has 0 aliphatic carbocycles. The van der Waals surface area contributed by atoms with E-state index in [1.807, 2.05) is 35.2 Å². The summed E-state index contributed by atoms with van der Waals surface area (Å²) in [5.74, 6) is 0. The zero-order valence-corrected chi connectivity index (χ0v) is 18.1. The second-order valence-electron chi connectivity index (χ2n) is 8.25. The van der Waals surface area contributed by atoms with Crippen LogP contribution in [0.5, 0.6) is 0 Å². The number of hydrogen-bond acceptors (Lipinski definition) is 5. The van der Waals surface area contributed by atoms with Gasteiger partial charge in [0.15, 0.2) is 9.84 Å². The fourth-order valence-electron chi connectivity index (χ4n) is 4.42. The van der Waals surface area contributed by atoms with Crippen molar-refractivity contribution >= 4 is 15.9 Å². The van der Waals surface area contributed by atoms with E-state index in [0.29, 0.717) is 11.5 Å². The summed E-state index contributed by atoms with van der Waals surface area (Å²) in [4.78, 5) is 17.1. The topological polar surface area (TPSA) is 66.9 Å². The normalized spacial score (nSPS) is 21.0. The van der Waals surface area contributed by atoms with Crippen LogP contribution in [0.3, 0.4) is 0 Å². The number of carbonyl (C=O) groups is 1. The fourth-order valence-corrected chi connectivity index (χ4v) is 5.05. The Morgan fingerprint density at radius 1 is 0.967 bits per heavy atom. The largest absolute Gasteiger partial charge is 0.447 e. The van der Waals surface area contributed by atoms with Crippen LogP contribution in [0.4, 0.5) is 4.79 Å². The second-order valence-corrected chi connectivity index (χ2v) is 10.3. The van der Waals surface area contributed by atoms with Gasteiger partial charge in [0.1, 0.15) is 6.61 Å².